The summed E-state index contributed by atoms with van der Waals surface area (Å²) in [5.41, 5.74) is 0.727. The summed E-state index contributed by atoms with van der Waals surface area (Å²) in [5.74, 6) is -0.343. The van der Waals surface area contributed by atoms with E-state index in [0.717, 1.165) is 30.9 Å². The molecule has 1 fully saturated rings. The Morgan fingerprint density at radius 2 is 1.90 bits per heavy atom. The molecule has 0 spiro atoms. The Labute approximate surface area is 127 Å². The molecule has 1 nitrogen and oxygen atoms in total. The molecule has 21 heavy (non-hydrogen) atoms. The summed E-state index contributed by atoms with van der Waals surface area (Å²) in [5, 5.41) is 3.60. The van der Waals surface area contributed by atoms with Crippen molar-refractivity contribution in [2.24, 2.45) is 11.8 Å². The van der Waals surface area contributed by atoms with Crippen LogP contribution >= 0.6 is 0 Å². The molecule has 1 aromatic carbocycles. The minimum atomic E-state index is -0.768. The van der Waals surface area contributed by atoms with Gasteiger partial charge < -0.3 is 5.32 Å². The second-order valence-corrected chi connectivity index (χ2v) is 7.04. The Kier molecular flexibility index (Phi) is 5.03. The lowest BCUT2D eigenvalue weighted by molar-refractivity contribution is 0.146. The van der Waals surface area contributed by atoms with E-state index >= 15 is 0 Å². The van der Waals surface area contributed by atoms with Gasteiger partial charge in [0.15, 0.2) is 11.6 Å². The number of hydrogen-bond donors (Lipinski definition) is 1. The smallest absolute Gasteiger partial charge is 0.159 e. The first kappa shape index (κ1) is 16.4. The molecule has 3 unspecified atom stereocenters. The van der Waals surface area contributed by atoms with Crippen LogP contribution in [0.15, 0.2) is 18.2 Å². The highest BCUT2D eigenvalue weighted by Gasteiger charge is 2.39. The fourth-order valence-corrected chi connectivity index (χ4v) is 3.84. The largest absolute Gasteiger partial charge is 0.314 e. The third kappa shape index (κ3) is 3.45. The van der Waals surface area contributed by atoms with Crippen molar-refractivity contribution in [3.63, 3.8) is 0 Å². The van der Waals surface area contributed by atoms with Gasteiger partial charge in [-0.25, -0.2) is 8.78 Å². The predicted molar refractivity (Wildman–Crippen MR) is 83.4 cm³/mol. The molecular weight excluding hydrogens is 268 g/mol. The molecule has 0 aliphatic heterocycles. The highest BCUT2D eigenvalue weighted by atomic mass is 19.2. The van der Waals surface area contributed by atoms with Gasteiger partial charge in [0.1, 0.15) is 0 Å². The van der Waals surface area contributed by atoms with Gasteiger partial charge in [-0.05, 0) is 54.3 Å². The van der Waals surface area contributed by atoms with E-state index in [1.54, 1.807) is 6.07 Å². The Balaban J connectivity index is 2.29. The van der Waals surface area contributed by atoms with Gasteiger partial charge in [-0.15, -0.1) is 0 Å². The number of hydrogen-bond acceptors (Lipinski definition) is 1. The van der Waals surface area contributed by atoms with Crippen LogP contribution in [0, 0.1) is 23.5 Å². The average Bonchev–Trinajstić information content (AvgIpc) is 2.42. The second kappa shape index (κ2) is 6.43. The maximum Gasteiger partial charge on any atom is 0.159 e. The van der Waals surface area contributed by atoms with E-state index in [0.29, 0.717) is 12.0 Å². The fraction of sp³-hybridized carbons (Fsp3) is 0.667. The van der Waals surface area contributed by atoms with Crippen molar-refractivity contribution in [1.29, 1.82) is 0 Å². The van der Waals surface area contributed by atoms with Crippen molar-refractivity contribution >= 4 is 0 Å². The number of rotatable bonds is 4. The lowest BCUT2D eigenvalue weighted by Crippen LogP contribution is -2.48. The van der Waals surface area contributed by atoms with Gasteiger partial charge in [-0.1, -0.05) is 40.2 Å². The molecule has 1 aromatic rings. The summed E-state index contributed by atoms with van der Waals surface area (Å²) in [6.07, 6.45) is 3.50. The molecule has 0 saturated heterocycles. The van der Waals surface area contributed by atoms with Gasteiger partial charge in [0.2, 0.25) is 0 Å². The van der Waals surface area contributed by atoms with E-state index in [2.05, 4.69) is 33.0 Å². The first-order valence-corrected chi connectivity index (χ1v) is 8.05. The first-order chi connectivity index (χ1) is 9.86. The molecule has 1 saturated carbocycles. The summed E-state index contributed by atoms with van der Waals surface area (Å²) in [6, 6.07) is 4.80. The summed E-state index contributed by atoms with van der Waals surface area (Å²) >= 11 is 0. The minimum absolute atomic E-state index is 0.165. The van der Waals surface area contributed by atoms with Gasteiger partial charge in [0.25, 0.3) is 0 Å². The number of halogens is 2. The van der Waals surface area contributed by atoms with Crippen molar-refractivity contribution in [1.82, 2.24) is 5.32 Å². The molecule has 2 rings (SSSR count). The van der Waals surface area contributed by atoms with Crippen LogP contribution < -0.4 is 5.32 Å². The molecule has 3 heteroatoms. The summed E-state index contributed by atoms with van der Waals surface area (Å²) in [7, 11) is 0. The van der Waals surface area contributed by atoms with E-state index in [-0.39, 0.29) is 5.41 Å². The zero-order valence-corrected chi connectivity index (χ0v) is 13.5. The summed E-state index contributed by atoms with van der Waals surface area (Å²) in [6.45, 7) is 9.68. The Bertz CT molecular complexity index is 484. The highest BCUT2D eigenvalue weighted by Crippen LogP contribution is 2.42. The molecule has 0 radical (unpaired) electrons. The van der Waals surface area contributed by atoms with Gasteiger partial charge in [0, 0.05) is 6.04 Å². The second-order valence-electron chi connectivity index (χ2n) is 7.04. The van der Waals surface area contributed by atoms with Gasteiger partial charge in [-0.3, -0.25) is 0 Å². The molecule has 118 valence electrons. The van der Waals surface area contributed by atoms with Crippen molar-refractivity contribution in [2.45, 2.75) is 58.4 Å². The van der Waals surface area contributed by atoms with Crippen LogP contribution in [0.3, 0.4) is 0 Å². The maximum absolute atomic E-state index is 13.6. The van der Waals surface area contributed by atoms with E-state index in [1.165, 1.54) is 18.6 Å². The minimum Gasteiger partial charge on any atom is -0.314 e. The monoisotopic (exact) mass is 295 g/mol. The summed E-state index contributed by atoms with van der Waals surface area (Å²) < 4.78 is 26.8. The van der Waals surface area contributed by atoms with Crippen LogP contribution in [-0.4, -0.2) is 12.6 Å². The third-order valence-electron chi connectivity index (χ3n) is 5.17. The Morgan fingerprint density at radius 1 is 1.19 bits per heavy atom. The molecule has 0 bridgehead atoms. The van der Waals surface area contributed by atoms with Crippen LogP contribution in [0.4, 0.5) is 8.78 Å². The Hall–Kier alpha value is -0.960. The van der Waals surface area contributed by atoms with Crippen molar-refractivity contribution in [3.05, 3.63) is 35.4 Å². The number of benzene rings is 1. The van der Waals surface area contributed by atoms with Gasteiger partial charge in [0.05, 0.1) is 0 Å². The van der Waals surface area contributed by atoms with Crippen LogP contribution in [0.2, 0.25) is 0 Å². The van der Waals surface area contributed by atoms with Crippen LogP contribution in [0.5, 0.6) is 0 Å². The highest BCUT2D eigenvalue weighted by molar-refractivity contribution is 5.27. The summed E-state index contributed by atoms with van der Waals surface area (Å²) in [4.78, 5) is 0. The molecule has 1 N–H and O–H groups in total. The van der Waals surface area contributed by atoms with Crippen molar-refractivity contribution in [2.75, 3.05) is 6.54 Å². The maximum atomic E-state index is 13.6. The third-order valence-corrected chi connectivity index (χ3v) is 5.17. The van der Waals surface area contributed by atoms with Crippen LogP contribution in [0.25, 0.3) is 0 Å². The lowest BCUT2D eigenvalue weighted by Gasteiger charge is -2.45. The number of nitrogens with one attached hydrogen (secondary N) is 1. The van der Waals surface area contributed by atoms with Crippen molar-refractivity contribution < 1.29 is 8.78 Å². The molecule has 1 aliphatic carbocycles. The van der Waals surface area contributed by atoms with E-state index < -0.39 is 11.6 Å². The molecule has 0 aromatic heterocycles. The zero-order chi connectivity index (χ0) is 15.6. The first-order valence-electron chi connectivity index (χ1n) is 8.05. The normalized spacial score (nSPS) is 26.9. The standard InChI is InChI=1S/C18H27F2N/c1-5-21-17-10-12(2)6-8-14(17)18(3,4)13-7-9-15(19)16(20)11-13/h7,9,11-12,14,17,21H,5-6,8,10H2,1-4H3. The quantitative estimate of drug-likeness (QED) is 0.852. The molecule has 3 atom stereocenters. The lowest BCUT2D eigenvalue weighted by atomic mass is 9.63. The van der Waals surface area contributed by atoms with E-state index in [4.69, 9.17) is 0 Å². The topological polar surface area (TPSA) is 12.0 Å². The molecular formula is C18H27F2N. The van der Waals surface area contributed by atoms with Gasteiger partial charge >= 0.3 is 0 Å². The molecule has 0 heterocycles. The Morgan fingerprint density at radius 3 is 2.52 bits per heavy atom. The SMILES string of the molecule is CCNC1CC(C)CCC1C(C)(C)c1ccc(F)c(F)c1. The fourth-order valence-electron chi connectivity index (χ4n) is 3.84. The van der Waals surface area contributed by atoms with Crippen LogP contribution in [0.1, 0.15) is 52.5 Å². The predicted octanol–water partition coefficient (Wildman–Crippen LogP) is 4.66. The average molecular weight is 295 g/mol. The molecule has 0 amide bonds. The van der Waals surface area contributed by atoms with Crippen molar-refractivity contribution in [3.8, 4) is 0 Å². The zero-order valence-electron chi connectivity index (χ0n) is 13.5. The van der Waals surface area contributed by atoms with E-state index in [1.807, 2.05) is 0 Å². The van der Waals surface area contributed by atoms with Gasteiger partial charge in [-0.2, -0.15) is 0 Å². The van der Waals surface area contributed by atoms with E-state index in [9.17, 15) is 8.78 Å². The molecule has 1 aliphatic rings. The van der Waals surface area contributed by atoms with Crippen LogP contribution in [-0.2, 0) is 5.41 Å².